The number of Topliss-reactive ketones (excluding diaryl/α,β-unsaturated/α-hetero) is 1. The molecule has 1 aromatic carbocycles. The van der Waals surface area contributed by atoms with Crippen LogP contribution in [0.4, 0.5) is 0 Å². The van der Waals surface area contributed by atoms with E-state index in [0.717, 1.165) is 37.0 Å². The summed E-state index contributed by atoms with van der Waals surface area (Å²) in [4.78, 5) is 11.3. The molecule has 23 heavy (non-hydrogen) atoms. The van der Waals surface area contributed by atoms with Gasteiger partial charge in [-0.3, -0.25) is 4.79 Å². The molecule has 0 radical (unpaired) electrons. The van der Waals surface area contributed by atoms with Gasteiger partial charge in [0.2, 0.25) is 0 Å². The lowest BCUT2D eigenvalue weighted by atomic mass is 10.0. The predicted octanol–water partition coefficient (Wildman–Crippen LogP) is 3.78. The van der Waals surface area contributed by atoms with Crippen LogP contribution in [0.3, 0.4) is 0 Å². The van der Waals surface area contributed by atoms with Gasteiger partial charge in [0, 0.05) is 6.61 Å². The monoisotopic (exact) mass is 338 g/mol. The lowest BCUT2D eigenvalue weighted by molar-refractivity contribution is 0.0819. The first-order valence-electron chi connectivity index (χ1n) is 7.83. The fraction of sp³-hybridized carbons (Fsp3) is 0.500. The minimum Gasteiger partial charge on any atom is -0.617 e. The van der Waals surface area contributed by atoms with E-state index in [-0.39, 0.29) is 17.6 Å². The van der Waals surface area contributed by atoms with E-state index in [1.165, 1.54) is 6.92 Å². The molecule has 1 rings (SSSR count). The Morgan fingerprint density at radius 3 is 2.65 bits per heavy atom. The van der Waals surface area contributed by atoms with Gasteiger partial charge in [0.1, 0.15) is 17.6 Å². The van der Waals surface area contributed by atoms with E-state index in [1.807, 2.05) is 0 Å². The highest BCUT2D eigenvalue weighted by Crippen LogP contribution is 2.26. The van der Waals surface area contributed by atoms with E-state index >= 15 is 0 Å². The molecule has 0 fully saturated rings. The first kappa shape index (κ1) is 19.7. The molecule has 1 N–H and O–H groups in total. The molecule has 0 saturated heterocycles. The third-order valence-corrected chi connectivity index (χ3v) is 4.43. The lowest BCUT2D eigenvalue weighted by Crippen LogP contribution is -2.05. The van der Waals surface area contributed by atoms with Gasteiger partial charge in [-0.05, 0) is 43.9 Å². The summed E-state index contributed by atoms with van der Waals surface area (Å²) in [6.45, 7) is 5.78. The molecule has 128 valence electrons. The summed E-state index contributed by atoms with van der Waals surface area (Å²) in [5.74, 6) is 0.564. The van der Waals surface area contributed by atoms with Crippen molar-refractivity contribution in [2.24, 2.45) is 0 Å². The van der Waals surface area contributed by atoms with E-state index in [1.54, 1.807) is 30.5 Å². The number of aromatic hydroxyl groups is 1. The first-order chi connectivity index (χ1) is 11.0. The number of carbonyl (C=O) groups excluding carboxylic acids is 1. The fourth-order valence-corrected chi connectivity index (χ4v) is 2.91. The third kappa shape index (κ3) is 7.20. The third-order valence-electron chi connectivity index (χ3n) is 3.57. The number of rotatable bonds is 11. The summed E-state index contributed by atoms with van der Waals surface area (Å²) in [7, 11) is 0. The van der Waals surface area contributed by atoms with E-state index in [9.17, 15) is 14.5 Å². The number of hydrogen-bond acceptors (Lipinski definition) is 4. The summed E-state index contributed by atoms with van der Waals surface area (Å²) in [5.41, 5.74) is 1.09. The second kappa shape index (κ2) is 10.5. The topological polar surface area (TPSA) is 69.6 Å². The Morgan fingerprint density at radius 2 is 2.09 bits per heavy atom. The van der Waals surface area contributed by atoms with Crippen LogP contribution in [0.15, 0.2) is 30.9 Å². The molecule has 2 unspecified atom stereocenters. The van der Waals surface area contributed by atoms with Gasteiger partial charge in [-0.2, -0.15) is 0 Å². The molecule has 0 aliphatic heterocycles. The van der Waals surface area contributed by atoms with Gasteiger partial charge in [0.15, 0.2) is 5.78 Å². The van der Waals surface area contributed by atoms with E-state index in [4.69, 9.17) is 4.74 Å². The number of carbonyl (C=O) groups is 1. The number of unbranched alkanes of at least 4 members (excludes halogenated alkanes) is 3. The average molecular weight is 338 g/mol. The number of phenolic OH excluding ortho intramolecular Hbond substituents is 1. The molecule has 0 saturated carbocycles. The van der Waals surface area contributed by atoms with E-state index < -0.39 is 11.2 Å². The van der Waals surface area contributed by atoms with Crippen molar-refractivity contribution >= 4 is 17.0 Å². The minimum absolute atomic E-state index is 0.0296. The van der Waals surface area contributed by atoms with Crippen molar-refractivity contribution in [2.75, 3.05) is 18.6 Å². The van der Waals surface area contributed by atoms with Crippen LogP contribution >= 0.6 is 0 Å². The maximum absolute atomic E-state index is 11.3. The van der Waals surface area contributed by atoms with Gasteiger partial charge in [0.05, 0.1) is 11.8 Å². The van der Waals surface area contributed by atoms with Crippen LogP contribution < -0.4 is 0 Å². The Morgan fingerprint density at radius 1 is 1.39 bits per heavy atom. The number of ether oxygens (including phenoxy) is 1. The van der Waals surface area contributed by atoms with Crippen LogP contribution in [0.1, 0.15) is 54.6 Å². The van der Waals surface area contributed by atoms with Crippen molar-refractivity contribution in [1.82, 2.24) is 0 Å². The largest absolute Gasteiger partial charge is 0.617 e. The zero-order valence-corrected chi connectivity index (χ0v) is 14.7. The molecule has 0 bridgehead atoms. The normalized spacial score (nSPS) is 13.5. The zero-order valence-electron chi connectivity index (χ0n) is 13.9. The SMILES string of the molecule is C=CC(OCCCCCC[S+](C)[O-])c1ccc(C(C)=O)c(O)c1. The second-order valence-corrected chi connectivity index (χ2v) is 7.11. The molecule has 2 atom stereocenters. The van der Waals surface area contributed by atoms with Gasteiger partial charge in [-0.1, -0.05) is 29.7 Å². The van der Waals surface area contributed by atoms with Crippen molar-refractivity contribution in [3.05, 3.63) is 42.0 Å². The molecule has 1 aromatic rings. The standard InChI is InChI=1S/C18H26O4S/c1-4-18(22-11-7-5-6-8-12-23(3)21)15-9-10-16(14(2)19)17(20)13-15/h4,9-10,13,18,20H,1,5-8,11-12H2,2-3H3. The van der Waals surface area contributed by atoms with Crippen LogP contribution in [-0.4, -0.2) is 34.1 Å². The minimum atomic E-state index is -0.706. The molecule has 5 heteroatoms. The average Bonchev–Trinajstić information content (AvgIpc) is 2.49. The molecular weight excluding hydrogens is 312 g/mol. The molecule has 0 aliphatic carbocycles. The Kier molecular flexibility index (Phi) is 8.99. The van der Waals surface area contributed by atoms with Crippen LogP contribution in [0.5, 0.6) is 5.75 Å². The van der Waals surface area contributed by atoms with Gasteiger partial charge >= 0.3 is 0 Å². The highest BCUT2D eigenvalue weighted by molar-refractivity contribution is 7.90. The summed E-state index contributed by atoms with van der Waals surface area (Å²) < 4.78 is 16.7. The Bertz CT molecular complexity index is 514. The molecule has 0 aliphatic rings. The fourth-order valence-electron chi connectivity index (χ4n) is 2.29. The smallest absolute Gasteiger partial charge is 0.163 e. The molecule has 0 heterocycles. The number of hydrogen-bond donors (Lipinski definition) is 1. The summed E-state index contributed by atoms with van der Waals surface area (Å²) in [6.07, 6.45) is 7.11. The lowest BCUT2D eigenvalue weighted by Gasteiger charge is -2.15. The Hall–Kier alpha value is -1.30. The Balaban J connectivity index is 2.41. The Labute approximate surface area is 141 Å². The van der Waals surface area contributed by atoms with Crippen molar-refractivity contribution in [3.8, 4) is 5.75 Å². The first-order valence-corrected chi connectivity index (χ1v) is 9.56. The van der Waals surface area contributed by atoms with Gasteiger partial charge in [-0.15, -0.1) is 6.58 Å². The van der Waals surface area contributed by atoms with Crippen LogP contribution in [0.25, 0.3) is 0 Å². The van der Waals surface area contributed by atoms with Crippen LogP contribution in [-0.2, 0) is 15.9 Å². The maximum atomic E-state index is 11.3. The summed E-state index contributed by atoms with van der Waals surface area (Å²) in [6, 6.07) is 4.94. The summed E-state index contributed by atoms with van der Waals surface area (Å²) in [5, 5.41) is 9.88. The molecule has 0 spiro atoms. The zero-order chi connectivity index (χ0) is 17.2. The van der Waals surface area contributed by atoms with Gasteiger partial charge in [-0.25, -0.2) is 0 Å². The molecule has 0 aromatic heterocycles. The van der Waals surface area contributed by atoms with E-state index in [2.05, 4.69) is 6.58 Å². The van der Waals surface area contributed by atoms with Crippen molar-refractivity contribution < 1.29 is 19.2 Å². The highest BCUT2D eigenvalue weighted by Gasteiger charge is 2.12. The molecule has 0 amide bonds. The number of benzene rings is 1. The second-order valence-electron chi connectivity index (χ2n) is 5.55. The molecular formula is C18H26O4S. The molecule has 4 nitrogen and oxygen atoms in total. The predicted molar refractivity (Wildman–Crippen MR) is 94.4 cm³/mol. The maximum Gasteiger partial charge on any atom is 0.163 e. The van der Waals surface area contributed by atoms with Crippen LogP contribution in [0.2, 0.25) is 0 Å². The van der Waals surface area contributed by atoms with Gasteiger partial charge in [0.25, 0.3) is 0 Å². The van der Waals surface area contributed by atoms with E-state index in [0.29, 0.717) is 12.2 Å². The highest BCUT2D eigenvalue weighted by atomic mass is 32.2. The quantitative estimate of drug-likeness (QED) is 0.288. The van der Waals surface area contributed by atoms with Crippen molar-refractivity contribution in [3.63, 3.8) is 0 Å². The van der Waals surface area contributed by atoms with Crippen molar-refractivity contribution in [2.45, 2.75) is 38.7 Å². The van der Waals surface area contributed by atoms with Crippen LogP contribution in [0, 0.1) is 0 Å². The number of phenols is 1. The number of ketones is 1. The van der Waals surface area contributed by atoms with Crippen molar-refractivity contribution in [1.29, 1.82) is 0 Å². The summed E-state index contributed by atoms with van der Waals surface area (Å²) >= 11 is -0.706. The van der Waals surface area contributed by atoms with Gasteiger partial charge < -0.3 is 14.4 Å².